The van der Waals surface area contributed by atoms with Crippen molar-refractivity contribution < 1.29 is 14.3 Å². The highest BCUT2D eigenvalue weighted by Gasteiger charge is 2.11. The normalized spacial score (nSPS) is 10.3. The van der Waals surface area contributed by atoms with E-state index in [0.717, 1.165) is 12.2 Å². The number of carbonyl (C=O) groups is 1. The lowest BCUT2D eigenvalue weighted by molar-refractivity contribution is 0.0953. The average molecular weight is 359 g/mol. The van der Waals surface area contributed by atoms with Crippen LogP contribution in [0.15, 0.2) is 53.4 Å². The van der Waals surface area contributed by atoms with Crippen LogP contribution < -0.4 is 14.8 Å². The van der Waals surface area contributed by atoms with Gasteiger partial charge in [0.25, 0.3) is 5.91 Å². The molecule has 0 aliphatic heterocycles. The fourth-order valence-corrected chi connectivity index (χ4v) is 3.15. The highest BCUT2D eigenvalue weighted by atomic mass is 32.2. The molecule has 134 valence electrons. The third-order valence-electron chi connectivity index (χ3n) is 3.42. The summed E-state index contributed by atoms with van der Waals surface area (Å²) >= 11 is 1.80. The third kappa shape index (κ3) is 6.35. The predicted octanol–water partition coefficient (Wildman–Crippen LogP) is 4.40. The summed E-state index contributed by atoms with van der Waals surface area (Å²) in [6.07, 6.45) is 0.917. The summed E-state index contributed by atoms with van der Waals surface area (Å²) in [6, 6.07) is 15.6. The topological polar surface area (TPSA) is 47.6 Å². The quantitative estimate of drug-likeness (QED) is 0.505. The monoisotopic (exact) mass is 359 g/mol. The molecule has 0 saturated heterocycles. The zero-order valence-corrected chi connectivity index (χ0v) is 15.6. The summed E-state index contributed by atoms with van der Waals surface area (Å²) in [5.74, 6) is 2.16. The summed E-state index contributed by atoms with van der Waals surface area (Å²) < 4.78 is 11.1. The molecule has 0 saturated carbocycles. The van der Waals surface area contributed by atoms with Crippen molar-refractivity contribution in [2.75, 3.05) is 25.5 Å². The molecule has 4 nitrogen and oxygen atoms in total. The van der Waals surface area contributed by atoms with E-state index in [1.165, 1.54) is 4.90 Å². The standard InChI is InChI=1S/C20H25NO3S/c1-3-23-18-12-11-16(15-19(18)24-4-2)20(22)21-13-8-14-25-17-9-6-5-7-10-17/h5-7,9-12,15H,3-4,8,13-14H2,1-2H3,(H,21,22). The van der Waals surface area contributed by atoms with Crippen LogP contribution in [0.3, 0.4) is 0 Å². The molecule has 0 aromatic heterocycles. The number of ether oxygens (including phenoxy) is 2. The van der Waals surface area contributed by atoms with E-state index in [4.69, 9.17) is 9.47 Å². The zero-order valence-electron chi connectivity index (χ0n) is 14.8. The van der Waals surface area contributed by atoms with Gasteiger partial charge in [-0.25, -0.2) is 0 Å². The van der Waals surface area contributed by atoms with Gasteiger partial charge in [-0.05, 0) is 56.4 Å². The lowest BCUT2D eigenvalue weighted by atomic mass is 10.2. The number of hydrogen-bond donors (Lipinski definition) is 1. The van der Waals surface area contributed by atoms with Gasteiger partial charge < -0.3 is 14.8 Å². The van der Waals surface area contributed by atoms with Crippen molar-refractivity contribution in [1.29, 1.82) is 0 Å². The Morgan fingerprint density at radius 3 is 2.44 bits per heavy atom. The SMILES string of the molecule is CCOc1ccc(C(=O)NCCCSc2ccccc2)cc1OCC. The molecule has 0 fully saturated rings. The zero-order chi connectivity index (χ0) is 17.9. The van der Waals surface area contributed by atoms with Gasteiger partial charge in [0.15, 0.2) is 11.5 Å². The van der Waals surface area contributed by atoms with Crippen molar-refractivity contribution in [1.82, 2.24) is 5.32 Å². The minimum absolute atomic E-state index is 0.0892. The van der Waals surface area contributed by atoms with Gasteiger partial charge in [-0.3, -0.25) is 4.79 Å². The molecule has 0 heterocycles. The second-order valence-electron chi connectivity index (χ2n) is 5.30. The number of hydrogen-bond acceptors (Lipinski definition) is 4. The second-order valence-corrected chi connectivity index (χ2v) is 6.47. The van der Waals surface area contributed by atoms with Gasteiger partial charge in [-0.2, -0.15) is 0 Å². The van der Waals surface area contributed by atoms with Crippen LogP contribution in [0.1, 0.15) is 30.6 Å². The van der Waals surface area contributed by atoms with E-state index in [9.17, 15) is 4.79 Å². The Hall–Kier alpha value is -2.14. The first kappa shape index (κ1) is 19.2. The van der Waals surface area contributed by atoms with Crippen molar-refractivity contribution in [3.05, 3.63) is 54.1 Å². The van der Waals surface area contributed by atoms with Crippen LogP contribution in [-0.2, 0) is 0 Å². The van der Waals surface area contributed by atoms with Crippen LogP contribution in [0.25, 0.3) is 0 Å². The van der Waals surface area contributed by atoms with Crippen molar-refractivity contribution in [3.63, 3.8) is 0 Å². The number of rotatable bonds is 10. The first-order chi connectivity index (χ1) is 12.2. The van der Waals surface area contributed by atoms with Crippen LogP contribution in [0.2, 0.25) is 0 Å². The third-order valence-corrected chi connectivity index (χ3v) is 4.52. The maximum Gasteiger partial charge on any atom is 0.251 e. The molecule has 5 heteroatoms. The van der Waals surface area contributed by atoms with Crippen LogP contribution in [0.5, 0.6) is 11.5 Å². The molecule has 0 atom stereocenters. The molecule has 2 rings (SSSR count). The predicted molar refractivity (Wildman–Crippen MR) is 103 cm³/mol. The van der Waals surface area contributed by atoms with Gasteiger partial charge in [0.1, 0.15) is 0 Å². The number of amides is 1. The number of carbonyl (C=O) groups excluding carboxylic acids is 1. The van der Waals surface area contributed by atoms with E-state index in [1.807, 2.05) is 32.0 Å². The molecule has 0 spiro atoms. The van der Waals surface area contributed by atoms with E-state index < -0.39 is 0 Å². The summed E-state index contributed by atoms with van der Waals surface area (Å²) in [5.41, 5.74) is 0.586. The Bertz CT molecular complexity index is 661. The average Bonchev–Trinajstić information content (AvgIpc) is 2.64. The van der Waals surface area contributed by atoms with Crippen molar-refractivity contribution in [3.8, 4) is 11.5 Å². The van der Waals surface area contributed by atoms with Gasteiger partial charge in [-0.15, -0.1) is 11.8 Å². The van der Waals surface area contributed by atoms with Gasteiger partial charge in [0.05, 0.1) is 13.2 Å². The maximum atomic E-state index is 12.3. The fraction of sp³-hybridized carbons (Fsp3) is 0.350. The molecule has 0 bridgehead atoms. The Balaban J connectivity index is 1.80. The fourth-order valence-electron chi connectivity index (χ4n) is 2.28. The van der Waals surface area contributed by atoms with Crippen molar-refractivity contribution in [2.24, 2.45) is 0 Å². The molecule has 25 heavy (non-hydrogen) atoms. The molecule has 0 unspecified atom stereocenters. The molecule has 0 radical (unpaired) electrons. The molecular formula is C20H25NO3S. The Morgan fingerprint density at radius 2 is 1.72 bits per heavy atom. The van der Waals surface area contributed by atoms with Crippen LogP contribution in [0.4, 0.5) is 0 Å². The van der Waals surface area contributed by atoms with Crippen LogP contribution >= 0.6 is 11.8 Å². The minimum atomic E-state index is -0.0892. The van der Waals surface area contributed by atoms with E-state index in [2.05, 4.69) is 17.4 Å². The minimum Gasteiger partial charge on any atom is -0.490 e. The Kier molecular flexibility index (Phi) is 8.19. The van der Waals surface area contributed by atoms with Gasteiger partial charge in [0, 0.05) is 17.0 Å². The van der Waals surface area contributed by atoms with Crippen molar-refractivity contribution >= 4 is 17.7 Å². The van der Waals surface area contributed by atoms with Crippen LogP contribution in [-0.4, -0.2) is 31.4 Å². The first-order valence-corrected chi connectivity index (χ1v) is 9.58. The number of benzene rings is 2. The van der Waals surface area contributed by atoms with E-state index in [-0.39, 0.29) is 5.91 Å². The highest BCUT2D eigenvalue weighted by Crippen LogP contribution is 2.28. The lowest BCUT2D eigenvalue weighted by Crippen LogP contribution is -2.24. The van der Waals surface area contributed by atoms with Gasteiger partial charge in [0.2, 0.25) is 0 Å². The van der Waals surface area contributed by atoms with E-state index in [0.29, 0.717) is 36.8 Å². The molecule has 0 aliphatic carbocycles. The Labute approximate surface area is 153 Å². The van der Waals surface area contributed by atoms with Crippen molar-refractivity contribution in [2.45, 2.75) is 25.2 Å². The van der Waals surface area contributed by atoms with Crippen LogP contribution in [0, 0.1) is 0 Å². The molecule has 0 aliphatic rings. The largest absolute Gasteiger partial charge is 0.490 e. The Morgan fingerprint density at radius 1 is 1.00 bits per heavy atom. The maximum absolute atomic E-state index is 12.3. The molecule has 2 aromatic rings. The second kappa shape index (κ2) is 10.7. The molecule has 2 aromatic carbocycles. The molecule has 1 N–H and O–H groups in total. The first-order valence-electron chi connectivity index (χ1n) is 8.60. The van der Waals surface area contributed by atoms with Gasteiger partial charge >= 0.3 is 0 Å². The summed E-state index contributed by atoms with van der Waals surface area (Å²) in [6.45, 7) is 5.57. The van der Waals surface area contributed by atoms with E-state index in [1.54, 1.807) is 30.0 Å². The smallest absolute Gasteiger partial charge is 0.251 e. The summed E-state index contributed by atoms with van der Waals surface area (Å²) in [5, 5.41) is 2.96. The van der Waals surface area contributed by atoms with Gasteiger partial charge in [-0.1, -0.05) is 18.2 Å². The highest BCUT2D eigenvalue weighted by molar-refractivity contribution is 7.99. The lowest BCUT2D eigenvalue weighted by Gasteiger charge is -2.12. The summed E-state index contributed by atoms with van der Waals surface area (Å²) in [4.78, 5) is 13.5. The number of nitrogens with one attached hydrogen (secondary N) is 1. The van der Waals surface area contributed by atoms with E-state index >= 15 is 0 Å². The molecular weight excluding hydrogens is 334 g/mol. The summed E-state index contributed by atoms with van der Waals surface area (Å²) in [7, 11) is 0. The number of thioether (sulfide) groups is 1. The molecule has 1 amide bonds.